The van der Waals surface area contributed by atoms with Gasteiger partial charge in [0.15, 0.2) is 0 Å². The molecule has 1 aromatic carbocycles. The van der Waals surface area contributed by atoms with Gasteiger partial charge in [0.05, 0.1) is 5.56 Å². The Labute approximate surface area is 112 Å². The summed E-state index contributed by atoms with van der Waals surface area (Å²) in [5, 5.41) is 3.83. The molecule has 0 saturated heterocycles. The van der Waals surface area contributed by atoms with Crippen molar-refractivity contribution in [2.24, 2.45) is 0 Å². The van der Waals surface area contributed by atoms with Gasteiger partial charge < -0.3 is 10.3 Å². The fraction of sp³-hybridized carbons (Fsp3) is 0. The van der Waals surface area contributed by atoms with Gasteiger partial charge in [-0.1, -0.05) is 5.16 Å². The number of anilines is 1. The third-order valence-corrected chi connectivity index (χ3v) is 2.85. The van der Waals surface area contributed by atoms with Crippen LogP contribution in [0, 0.1) is 11.6 Å². The van der Waals surface area contributed by atoms with Crippen LogP contribution in [-0.4, -0.2) is 10.1 Å². The van der Waals surface area contributed by atoms with Crippen LogP contribution in [0.4, 0.5) is 14.7 Å². The van der Waals surface area contributed by atoms with E-state index in [1.54, 1.807) is 24.5 Å². The highest BCUT2D eigenvalue weighted by molar-refractivity contribution is 5.86. The SMILES string of the molecule is Nc1onc(-c2cccnc2)c1-c1ccc(F)cc1F. The van der Waals surface area contributed by atoms with Crippen molar-refractivity contribution >= 4 is 5.88 Å². The number of nitrogens with zero attached hydrogens (tertiary/aromatic N) is 2. The molecule has 0 atom stereocenters. The summed E-state index contributed by atoms with van der Waals surface area (Å²) in [6.45, 7) is 0. The Morgan fingerprint density at radius 1 is 1.15 bits per heavy atom. The highest BCUT2D eigenvalue weighted by atomic mass is 19.1. The highest BCUT2D eigenvalue weighted by Gasteiger charge is 2.20. The summed E-state index contributed by atoms with van der Waals surface area (Å²) in [7, 11) is 0. The summed E-state index contributed by atoms with van der Waals surface area (Å²) in [5.41, 5.74) is 7.12. The van der Waals surface area contributed by atoms with Crippen LogP contribution in [0.2, 0.25) is 0 Å². The van der Waals surface area contributed by atoms with Gasteiger partial charge in [-0.25, -0.2) is 8.78 Å². The predicted molar refractivity (Wildman–Crippen MR) is 69.5 cm³/mol. The van der Waals surface area contributed by atoms with Crippen molar-refractivity contribution in [3.05, 3.63) is 54.4 Å². The number of pyridine rings is 1. The van der Waals surface area contributed by atoms with Crippen LogP contribution in [0.5, 0.6) is 0 Å². The van der Waals surface area contributed by atoms with Crippen molar-refractivity contribution in [2.45, 2.75) is 0 Å². The highest BCUT2D eigenvalue weighted by Crippen LogP contribution is 2.37. The number of nitrogen functional groups attached to an aromatic ring is 1. The second-order valence-electron chi connectivity index (χ2n) is 4.14. The van der Waals surface area contributed by atoms with E-state index in [0.717, 1.165) is 12.1 Å². The number of hydrogen-bond donors (Lipinski definition) is 1. The zero-order chi connectivity index (χ0) is 14.1. The first kappa shape index (κ1) is 12.3. The molecule has 3 rings (SSSR count). The normalized spacial score (nSPS) is 10.7. The van der Waals surface area contributed by atoms with E-state index in [1.165, 1.54) is 6.07 Å². The van der Waals surface area contributed by atoms with E-state index in [9.17, 15) is 8.78 Å². The molecule has 100 valence electrons. The Balaban J connectivity index is 2.22. The second kappa shape index (κ2) is 4.73. The molecule has 0 aliphatic rings. The van der Waals surface area contributed by atoms with E-state index in [2.05, 4.69) is 10.1 Å². The minimum Gasteiger partial charge on any atom is -0.367 e. The van der Waals surface area contributed by atoms with Crippen molar-refractivity contribution in [1.82, 2.24) is 10.1 Å². The van der Waals surface area contributed by atoms with Crippen LogP contribution < -0.4 is 5.73 Å². The Hall–Kier alpha value is -2.76. The second-order valence-corrected chi connectivity index (χ2v) is 4.14. The van der Waals surface area contributed by atoms with Crippen molar-refractivity contribution in [1.29, 1.82) is 0 Å². The summed E-state index contributed by atoms with van der Waals surface area (Å²) in [5.74, 6) is -1.43. The van der Waals surface area contributed by atoms with E-state index in [-0.39, 0.29) is 17.0 Å². The maximum absolute atomic E-state index is 13.9. The summed E-state index contributed by atoms with van der Waals surface area (Å²) in [6.07, 6.45) is 3.16. The molecule has 0 spiro atoms. The van der Waals surface area contributed by atoms with Crippen molar-refractivity contribution < 1.29 is 13.3 Å². The number of rotatable bonds is 2. The number of aromatic nitrogens is 2. The van der Waals surface area contributed by atoms with Crippen LogP contribution in [0.3, 0.4) is 0 Å². The van der Waals surface area contributed by atoms with Crippen molar-refractivity contribution in [3.63, 3.8) is 0 Å². The fourth-order valence-corrected chi connectivity index (χ4v) is 1.96. The molecule has 0 radical (unpaired) electrons. The van der Waals surface area contributed by atoms with Crippen LogP contribution in [-0.2, 0) is 0 Å². The molecule has 2 heterocycles. The van der Waals surface area contributed by atoms with E-state index in [0.29, 0.717) is 11.3 Å². The third kappa shape index (κ3) is 2.01. The molecule has 6 heteroatoms. The monoisotopic (exact) mass is 273 g/mol. The molecule has 0 bridgehead atoms. The van der Waals surface area contributed by atoms with Crippen LogP contribution >= 0.6 is 0 Å². The number of hydrogen-bond acceptors (Lipinski definition) is 4. The van der Waals surface area contributed by atoms with Crippen molar-refractivity contribution in [3.8, 4) is 22.4 Å². The minimum absolute atomic E-state index is 0.0330. The quantitative estimate of drug-likeness (QED) is 0.778. The first-order valence-electron chi connectivity index (χ1n) is 5.78. The standard InChI is InChI=1S/C14H9F2N3O/c15-9-3-4-10(11(16)6-9)12-13(19-20-14(12)17)8-2-1-5-18-7-8/h1-7H,17H2. The molecule has 4 nitrogen and oxygen atoms in total. The van der Waals surface area contributed by atoms with Gasteiger partial charge >= 0.3 is 0 Å². The van der Waals surface area contributed by atoms with E-state index >= 15 is 0 Å². The Kier molecular flexibility index (Phi) is 2.90. The summed E-state index contributed by atoms with van der Waals surface area (Å²) >= 11 is 0. The molecule has 0 unspecified atom stereocenters. The Bertz CT molecular complexity index is 756. The van der Waals surface area contributed by atoms with Crippen molar-refractivity contribution in [2.75, 3.05) is 5.73 Å². The van der Waals surface area contributed by atoms with Gasteiger partial charge in [0.2, 0.25) is 5.88 Å². The largest absolute Gasteiger partial charge is 0.367 e. The Morgan fingerprint density at radius 2 is 2.00 bits per heavy atom. The fourth-order valence-electron chi connectivity index (χ4n) is 1.96. The third-order valence-electron chi connectivity index (χ3n) is 2.85. The first-order valence-corrected chi connectivity index (χ1v) is 5.78. The molecule has 2 N–H and O–H groups in total. The van der Waals surface area contributed by atoms with Gasteiger partial charge in [0.1, 0.15) is 17.3 Å². The minimum atomic E-state index is -0.731. The molecule has 20 heavy (non-hydrogen) atoms. The van der Waals surface area contributed by atoms with Crippen LogP contribution in [0.15, 0.2) is 47.2 Å². The summed E-state index contributed by atoms with van der Waals surface area (Å²) in [6, 6.07) is 6.69. The zero-order valence-corrected chi connectivity index (χ0v) is 10.2. The average Bonchev–Trinajstić information content (AvgIpc) is 2.82. The van der Waals surface area contributed by atoms with Gasteiger partial charge in [-0.3, -0.25) is 4.98 Å². The lowest BCUT2D eigenvalue weighted by Gasteiger charge is -2.04. The number of benzene rings is 1. The topological polar surface area (TPSA) is 64.9 Å². The van der Waals surface area contributed by atoms with Gasteiger partial charge in [-0.05, 0) is 24.3 Å². The van der Waals surface area contributed by atoms with Crippen LogP contribution in [0.1, 0.15) is 0 Å². The van der Waals surface area contributed by atoms with Crippen LogP contribution in [0.25, 0.3) is 22.4 Å². The average molecular weight is 273 g/mol. The smallest absolute Gasteiger partial charge is 0.230 e. The number of nitrogens with two attached hydrogens (primary N) is 1. The molecule has 2 aromatic heterocycles. The van der Waals surface area contributed by atoms with Gasteiger partial charge in [0.25, 0.3) is 0 Å². The number of halogens is 2. The maximum atomic E-state index is 13.9. The maximum Gasteiger partial charge on any atom is 0.230 e. The molecule has 0 saturated carbocycles. The molecule has 0 aliphatic carbocycles. The molecule has 0 amide bonds. The van der Waals surface area contributed by atoms with E-state index in [4.69, 9.17) is 10.3 Å². The van der Waals surface area contributed by atoms with E-state index in [1.807, 2.05) is 0 Å². The molecular weight excluding hydrogens is 264 g/mol. The summed E-state index contributed by atoms with van der Waals surface area (Å²) < 4.78 is 31.8. The lowest BCUT2D eigenvalue weighted by atomic mass is 10.0. The predicted octanol–water partition coefficient (Wildman–Crippen LogP) is 3.26. The molecular formula is C14H9F2N3O. The first-order chi connectivity index (χ1) is 9.66. The van der Waals surface area contributed by atoms with Gasteiger partial charge in [0, 0.05) is 29.6 Å². The molecule has 0 fully saturated rings. The van der Waals surface area contributed by atoms with E-state index < -0.39 is 11.6 Å². The van der Waals surface area contributed by atoms with Gasteiger partial charge in [-0.2, -0.15) is 0 Å². The molecule has 3 aromatic rings. The lowest BCUT2D eigenvalue weighted by molar-refractivity contribution is 0.439. The Morgan fingerprint density at radius 3 is 2.70 bits per heavy atom. The molecule has 0 aliphatic heterocycles. The zero-order valence-electron chi connectivity index (χ0n) is 10.2. The summed E-state index contributed by atoms with van der Waals surface area (Å²) in [4.78, 5) is 3.97. The van der Waals surface area contributed by atoms with Gasteiger partial charge in [-0.15, -0.1) is 0 Å². The lowest BCUT2D eigenvalue weighted by Crippen LogP contribution is -1.92.